The summed E-state index contributed by atoms with van der Waals surface area (Å²) in [6, 6.07) is 0.792. The minimum atomic E-state index is -0.112. The van der Waals surface area contributed by atoms with Crippen LogP contribution < -0.4 is 0 Å². The second kappa shape index (κ2) is 5.51. The van der Waals surface area contributed by atoms with Gasteiger partial charge in [0.25, 0.3) is 0 Å². The van der Waals surface area contributed by atoms with Crippen LogP contribution in [0.15, 0.2) is 0 Å². The molecule has 1 saturated heterocycles. The van der Waals surface area contributed by atoms with Crippen molar-refractivity contribution in [2.24, 2.45) is 11.3 Å². The van der Waals surface area contributed by atoms with Gasteiger partial charge in [0.2, 0.25) is 0 Å². The first-order chi connectivity index (χ1) is 8.18. The number of hydrogen-bond acceptors (Lipinski definition) is 2. The fourth-order valence-corrected chi connectivity index (χ4v) is 3.96. The highest BCUT2D eigenvalue weighted by molar-refractivity contribution is 5.59. The Balaban J connectivity index is 1.98. The molecule has 1 aliphatic carbocycles. The Morgan fingerprint density at radius 2 is 2.06 bits per heavy atom. The molecule has 2 heteroatoms. The summed E-state index contributed by atoms with van der Waals surface area (Å²) in [5.74, 6) is 0.932. The monoisotopic (exact) mass is 237 g/mol. The molecule has 1 heterocycles. The highest BCUT2D eigenvalue weighted by atomic mass is 16.1. The summed E-state index contributed by atoms with van der Waals surface area (Å²) in [5.41, 5.74) is -0.112. The number of aldehydes is 1. The Hall–Kier alpha value is -0.370. The molecule has 0 radical (unpaired) electrons. The Labute approximate surface area is 106 Å². The summed E-state index contributed by atoms with van der Waals surface area (Å²) < 4.78 is 0. The zero-order valence-electron chi connectivity index (χ0n) is 11.5. The van der Waals surface area contributed by atoms with Gasteiger partial charge in [-0.15, -0.1) is 0 Å². The Kier molecular flexibility index (Phi) is 4.24. The molecular formula is C15H27NO. The number of piperidine rings is 1. The van der Waals surface area contributed by atoms with Gasteiger partial charge in [0, 0.05) is 18.0 Å². The molecule has 2 nitrogen and oxygen atoms in total. The normalized spacial score (nSPS) is 33.1. The molecule has 0 spiro atoms. The molecule has 0 amide bonds. The first kappa shape index (κ1) is 13.1. The molecule has 0 aromatic carbocycles. The van der Waals surface area contributed by atoms with Gasteiger partial charge in [0.05, 0.1) is 0 Å². The molecule has 2 rings (SSSR count). The van der Waals surface area contributed by atoms with Gasteiger partial charge < -0.3 is 4.79 Å². The van der Waals surface area contributed by atoms with Crippen LogP contribution in [-0.2, 0) is 4.79 Å². The molecular weight excluding hydrogens is 210 g/mol. The summed E-state index contributed by atoms with van der Waals surface area (Å²) in [7, 11) is 0. The van der Waals surface area contributed by atoms with Crippen LogP contribution >= 0.6 is 0 Å². The molecule has 2 fully saturated rings. The van der Waals surface area contributed by atoms with E-state index >= 15 is 0 Å². The van der Waals surface area contributed by atoms with Gasteiger partial charge in [0.15, 0.2) is 0 Å². The lowest BCUT2D eigenvalue weighted by molar-refractivity contribution is -0.117. The van der Waals surface area contributed by atoms with E-state index in [1.807, 2.05) is 0 Å². The quantitative estimate of drug-likeness (QED) is 0.684. The second-order valence-corrected chi connectivity index (χ2v) is 6.39. The Morgan fingerprint density at radius 1 is 1.29 bits per heavy atom. The number of hydrogen-bond donors (Lipinski definition) is 0. The SMILES string of the molecule is CCCC(C)(C=O)CN1CCCC2CCCC21. The lowest BCUT2D eigenvalue weighted by atomic mass is 9.84. The van der Waals surface area contributed by atoms with E-state index in [1.165, 1.54) is 44.9 Å². The summed E-state index contributed by atoms with van der Waals surface area (Å²) in [4.78, 5) is 14.0. The van der Waals surface area contributed by atoms with Crippen LogP contribution in [0.4, 0.5) is 0 Å². The van der Waals surface area contributed by atoms with Gasteiger partial charge in [-0.1, -0.05) is 26.7 Å². The number of carbonyl (C=O) groups is 1. The predicted octanol–water partition coefficient (Wildman–Crippen LogP) is 3.26. The van der Waals surface area contributed by atoms with E-state index in [9.17, 15) is 4.79 Å². The smallest absolute Gasteiger partial charge is 0.127 e. The number of rotatable bonds is 5. The third-order valence-electron chi connectivity index (χ3n) is 4.78. The molecule has 0 N–H and O–H groups in total. The van der Waals surface area contributed by atoms with Crippen molar-refractivity contribution in [1.82, 2.24) is 4.90 Å². The van der Waals surface area contributed by atoms with Crippen molar-refractivity contribution < 1.29 is 4.79 Å². The number of likely N-dealkylation sites (tertiary alicyclic amines) is 1. The van der Waals surface area contributed by atoms with Crippen LogP contribution in [0.1, 0.15) is 58.8 Å². The van der Waals surface area contributed by atoms with Crippen molar-refractivity contribution in [2.75, 3.05) is 13.1 Å². The van der Waals surface area contributed by atoms with E-state index in [0.29, 0.717) is 0 Å². The highest BCUT2D eigenvalue weighted by Crippen LogP contribution is 2.38. The van der Waals surface area contributed by atoms with E-state index in [0.717, 1.165) is 31.3 Å². The molecule has 1 aliphatic heterocycles. The van der Waals surface area contributed by atoms with Crippen molar-refractivity contribution in [1.29, 1.82) is 0 Å². The third-order valence-corrected chi connectivity index (χ3v) is 4.78. The van der Waals surface area contributed by atoms with Crippen LogP contribution in [0.25, 0.3) is 0 Å². The van der Waals surface area contributed by atoms with Crippen molar-refractivity contribution in [3.63, 3.8) is 0 Å². The van der Waals surface area contributed by atoms with Crippen LogP contribution in [0.3, 0.4) is 0 Å². The summed E-state index contributed by atoms with van der Waals surface area (Å²) >= 11 is 0. The average Bonchev–Trinajstić information content (AvgIpc) is 2.78. The van der Waals surface area contributed by atoms with Gasteiger partial charge in [-0.3, -0.25) is 4.90 Å². The molecule has 0 aromatic heterocycles. The number of nitrogens with zero attached hydrogens (tertiary/aromatic N) is 1. The van der Waals surface area contributed by atoms with E-state index in [4.69, 9.17) is 0 Å². The van der Waals surface area contributed by atoms with Crippen LogP contribution in [0, 0.1) is 11.3 Å². The fourth-order valence-electron chi connectivity index (χ4n) is 3.96. The first-order valence-electron chi connectivity index (χ1n) is 7.39. The predicted molar refractivity (Wildman–Crippen MR) is 71.0 cm³/mol. The van der Waals surface area contributed by atoms with E-state index in [1.54, 1.807) is 0 Å². The number of fused-ring (bicyclic) bond motifs is 1. The minimum absolute atomic E-state index is 0.112. The summed E-state index contributed by atoms with van der Waals surface area (Å²) in [6.07, 6.45) is 10.3. The van der Waals surface area contributed by atoms with Crippen molar-refractivity contribution in [3.05, 3.63) is 0 Å². The summed E-state index contributed by atoms with van der Waals surface area (Å²) in [6.45, 7) is 6.53. The van der Waals surface area contributed by atoms with E-state index in [2.05, 4.69) is 18.7 Å². The first-order valence-corrected chi connectivity index (χ1v) is 7.39. The topological polar surface area (TPSA) is 20.3 Å². The third kappa shape index (κ3) is 2.90. The van der Waals surface area contributed by atoms with Gasteiger partial charge >= 0.3 is 0 Å². The molecule has 17 heavy (non-hydrogen) atoms. The summed E-state index contributed by atoms with van der Waals surface area (Å²) in [5, 5.41) is 0. The molecule has 3 unspecified atom stereocenters. The molecule has 2 aliphatic rings. The zero-order valence-corrected chi connectivity index (χ0v) is 11.5. The molecule has 0 aromatic rings. The average molecular weight is 237 g/mol. The van der Waals surface area contributed by atoms with Crippen LogP contribution in [0.5, 0.6) is 0 Å². The van der Waals surface area contributed by atoms with Crippen molar-refractivity contribution in [3.8, 4) is 0 Å². The van der Waals surface area contributed by atoms with Gasteiger partial charge in [-0.2, -0.15) is 0 Å². The molecule has 1 saturated carbocycles. The van der Waals surface area contributed by atoms with Crippen LogP contribution in [0.2, 0.25) is 0 Å². The maximum absolute atomic E-state index is 11.4. The lowest BCUT2D eigenvalue weighted by Gasteiger charge is -2.41. The molecule has 98 valence electrons. The standard InChI is InChI=1S/C15H27NO/c1-3-9-15(2,12-17)11-16-10-5-7-13-6-4-8-14(13)16/h12-14H,3-11H2,1-2H3. The Bertz CT molecular complexity index is 266. The van der Waals surface area contributed by atoms with Gasteiger partial charge in [-0.05, 0) is 44.6 Å². The lowest BCUT2D eigenvalue weighted by Crippen LogP contribution is -2.47. The maximum atomic E-state index is 11.4. The number of carbonyl (C=O) groups excluding carboxylic acids is 1. The van der Waals surface area contributed by atoms with Gasteiger partial charge in [0.1, 0.15) is 6.29 Å². The molecule has 0 bridgehead atoms. The van der Waals surface area contributed by atoms with E-state index < -0.39 is 0 Å². The maximum Gasteiger partial charge on any atom is 0.127 e. The van der Waals surface area contributed by atoms with Crippen LogP contribution in [-0.4, -0.2) is 30.3 Å². The van der Waals surface area contributed by atoms with Gasteiger partial charge in [-0.25, -0.2) is 0 Å². The van der Waals surface area contributed by atoms with Crippen molar-refractivity contribution in [2.45, 2.75) is 64.8 Å². The van der Waals surface area contributed by atoms with Crippen molar-refractivity contribution >= 4 is 6.29 Å². The largest absolute Gasteiger partial charge is 0.303 e. The minimum Gasteiger partial charge on any atom is -0.303 e. The Morgan fingerprint density at radius 3 is 2.76 bits per heavy atom. The second-order valence-electron chi connectivity index (χ2n) is 6.39. The zero-order chi connectivity index (χ0) is 12.3. The highest BCUT2D eigenvalue weighted by Gasteiger charge is 2.37. The molecule has 3 atom stereocenters. The van der Waals surface area contributed by atoms with E-state index in [-0.39, 0.29) is 5.41 Å². The fraction of sp³-hybridized carbons (Fsp3) is 0.933.